The Morgan fingerprint density at radius 2 is 2.10 bits per heavy atom. The molecule has 0 spiro atoms. The molecule has 2 aromatic rings. The fraction of sp³-hybridized carbons (Fsp3) is 0.350. The zero-order chi connectivity index (χ0) is 22.1. The van der Waals surface area contributed by atoms with Crippen molar-refractivity contribution in [1.29, 1.82) is 0 Å². The maximum absolute atomic E-state index is 14.4. The standard InChI is InChI=1S/C20H21FIN3O4S/c1-20(2)8-11-15(17(28)23-6-5-14(26)27)19(30-16(11)18(29)24-9-20)25-13-4-3-10(22)7-12(13)21/h3-4,7,25H,5-6,8-9H2,1-2H3,(H,23,28)(H,24,29)(H,26,27). The van der Waals surface area contributed by atoms with Crippen LogP contribution in [-0.2, 0) is 11.2 Å². The molecule has 160 valence electrons. The van der Waals surface area contributed by atoms with E-state index in [0.29, 0.717) is 28.4 Å². The highest BCUT2D eigenvalue weighted by atomic mass is 127. The van der Waals surface area contributed by atoms with Gasteiger partial charge < -0.3 is 21.1 Å². The summed E-state index contributed by atoms with van der Waals surface area (Å²) in [6.07, 6.45) is 0.245. The monoisotopic (exact) mass is 545 g/mol. The first-order chi connectivity index (χ1) is 14.1. The van der Waals surface area contributed by atoms with Crippen molar-refractivity contribution in [1.82, 2.24) is 10.6 Å². The molecule has 0 saturated carbocycles. The van der Waals surface area contributed by atoms with Crippen LogP contribution in [0.2, 0.25) is 0 Å². The number of anilines is 2. The summed E-state index contributed by atoms with van der Waals surface area (Å²) in [7, 11) is 0. The minimum atomic E-state index is -1.03. The first-order valence-electron chi connectivity index (χ1n) is 9.23. The number of carbonyl (C=O) groups is 3. The van der Waals surface area contributed by atoms with E-state index in [-0.39, 0.29) is 35.5 Å². The molecule has 10 heteroatoms. The normalized spacial score (nSPS) is 15.0. The lowest BCUT2D eigenvalue weighted by atomic mass is 9.85. The number of carboxylic acids is 1. The first kappa shape index (κ1) is 22.5. The van der Waals surface area contributed by atoms with Crippen LogP contribution < -0.4 is 16.0 Å². The van der Waals surface area contributed by atoms with Crippen LogP contribution in [0, 0.1) is 14.8 Å². The fourth-order valence-electron chi connectivity index (χ4n) is 3.17. The number of rotatable bonds is 6. The number of hydrogen-bond donors (Lipinski definition) is 4. The molecule has 1 aromatic carbocycles. The third-order valence-corrected chi connectivity index (χ3v) is 6.44. The number of nitrogens with one attached hydrogen (secondary N) is 3. The molecule has 0 fully saturated rings. The summed E-state index contributed by atoms with van der Waals surface area (Å²) in [4.78, 5) is 36.8. The van der Waals surface area contributed by atoms with Gasteiger partial charge in [0.25, 0.3) is 11.8 Å². The second kappa shape index (κ2) is 8.88. The molecule has 4 N–H and O–H groups in total. The lowest BCUT2D eigenvalue weighted by Gasteiger charge is -2.22. The van der Waals surface area contributed by atoms with Gasteiger partial charge in [-0.3, -0.25) is 14.4 Å². The second-order valence-corrected chi connectivity index (χ2v) is 10.1. The van der Waals surface area contributed by atoms with Crippen molar-refractivity contribution >= 4 is 62.4 Å². The van der Waals surface area contributed by atoms with Gasteiger partial charge in [-0.1, -0.05) is 13.8 Å². The van der Waals surface area contributed by atoms with Crippen LogP contribution >= 0.6 is 33.9 Å². The second-order valence-electron chi connectivity index (χ2n) is 7.79. The van der Waals surface area contributed by atoms with Gasteiger partial charge in [-0.15, -0.1) is 11.3 Å². The Kier molecular flexibility index (Phi) is 6.65. The SMILES string of the molecule is CC1(C)CNC(=O)c2sc(Nc3ccc(I)cc3F)c(C(=O)NCCC(=O)O)c2C1. The Bertz CT molecular complexity index is 1020. The molecule has 0 aliphatic carbocycles. The highest BCUT2D eigenvalue weighted by Gasteiger charge is 2.34. The van der Waals surface area contributed by atoms with E-state index in [1.54, 1.807) is 12.1 Å². The predicted molar refractivity (Wildman–Crippen MR) is 121 cm³/mol. The van der Waals surface area contributed by atoms with Gasteiger partial charge in [-0.25, -0.2) is 4.39 Å². The van der Waals surface area contributed by atoms with Crippen LogP contribution in [0.5, 0.6) is 0 Å². The largest absolute Gasteiger partial charge is 0.481 e. The minimum Gasteiger partial charge on any atom is -0.481 e. The van der Waals surface area contributed by atoms with Crippen LogP contribution in [0.3, 0.4) is 0 Å². The van der Waals surface area contributed by atoms with Crippen LogP contribution in [0.4, 0.5) is 15.1 Å². The van der Waals surface area contributed by atoms with E-state index in [2.05, 4.69) is 16.0 Å². The maximum atomic E-state index is 14.4. The van der Waals surface area contributed by atoms with E-state index in [4.69, 9.17) is 5.11 Å². The van der Waals surface area contributed by atoms with Crippen molar-refractivity contribution in [2.45, 2.75) is 26.7 Å². The topological polar surface area (TPSA) is 108 Å². The Labute approximate surface area is 190 Å². The van der Waals surface area contributed by atoms with Crippen molar-refractivity contribution in [2.75, 3.05) is 18.4 Å². The fourth-order valence-corrected chi connectivity index (χ4v) is 4.77. The Morgan fingerprint density at radius 3 is 2.77 bits per heavy atom. The summed E-state index contributed by atoms with van der Waals surface area (Å²) in [5, 5.41) is 17.6. The van der Waals surface area contributed by atoms with Crippen molar-refractivity contribution in [3.63, 3.8) is 0 Å². The van der Waals surface area contributed by atoms with Gasteiger partial charge >= 0.3 is 5.97 Å². The maximum Gasteiger partial charge on any atom is 0.305 e. The number of aliphatic carboxylic acids is 1. The van der Waals surface area contributed by atoms with Crippen LogP contribution in [-0.4, -0.2) is 36.0 Å². The first-order valence-corrected chi connectivity index (χ1v) is 11.1. The van der Waals surface area contributed by atoms with Gasteiger partial charge in [0, 0.05) is 16.7 Å². The van der Waals surface area contributed by atoms with Crippen molar-refractivity contribution < 1.29 is 23.9 Å². The molecule has 2 amide bonds. The number of carbonyl (C=O) groups excluding carboxylic acids is 2. The summed E-state index contributed by atoms with van der Waals surface area (Å²) >= 11 is 3.09. The molecule has 30 heavy (non-hydrogen) atoms. The van der Waals surface area contributed by atoms with E-state index >= 15 is 0 Å². The lowest BCUT2D eigenvalue weighted by Crippen LogP contribution is -2.32. The Hall–Kier alpha value is -2.21. The number of benzene rings is 1. The van der Waals surface area contributed by atoms with Gasteiger partial charge in [0.1, 0.15) is 10.8 Å². The predicted octanol–water partition coefficient (Wildman–Crippen LogP) is 3.75. The van der Waals surface area contributed by atoms with E-state index in [0.717, 1.165) is 14.9 Å². The molecule has 1 aliphatic rings. The number of amides is 2. The van der Waals surface area contributed by atoms with Crippen LogP contribution in [0.15, 0.2) is 18.2 Å². The summed E-state index contributed by atoms with van der Waals surface area (Å²) in [5.74, 6) is -2.28. The molecule has 1 aliphatic heterocycles. The molecule has 1 aromatic heterocycles. The van der Waals surface area contributed by atoms with Gasteiger partial charge in [-0.05, 0) is 58.2 Å². The van der Waals surface area contributed by atoms with Gasteiger partial charge in [-0.2, -0.15) is 0 Å². The van der Waals surface area contributed by atoms with Gasteiger partial charge in [0.15, 0.2) is 0 Å². The summed E-state index contributed by atoms with van der Waals surface area (Å²) in [6.45, 7) is 4.38. The van der Waals surface area contributed by atoms with E-state index in [9.17, 15) is 18.8 Å². The third kappa shape index (κ3) is 5.09. The number of thiophene rings is 1. The zero-order valence-electron chi connectivity index (χ0n) is 16.4. The summed E-state index contributed by atoms with van der Waals surface area (Å²) < 4.78 is 15.1. The van der Waals surface area contributed by atoms with E-state index in [1.165, 1.54) is 6.07 Å². The number of hydrogen-bond acceptors (Lipinski definition) is 5. The summed E-state index contributed by atoms with van der Waals surface area (Å²) in [6, 6.07) is 4.66. The van der Waals surface area contributed by atoms with Crippen LogP contribution in [0.1, 0.15) is 45.9 Å². The third-order valence-electron chi connectivity index (χ3n) is 4.63. The number of carboxylic acid groups (broad SMARTS) is 1. The molecule has 3 rings (SSSR count). The molecule has 0 bridgehead atoms. The number of halogens is 2. The molecular weight excluding hydrogens is 524 g/mol. The van der Waals surface area contributed by atoms with Gasteiger partial charge in [0.2, 0.25) is 0 Å². The van der Waals surface area contributed by atoms with Crippen molar-refractivity contribution in [3.05, 3.63) is 43.6 Å². The molecular formula is C20H21FIN3O4S. The average molecular weight is 545 g/mol. The quantitative estimate of drug-likeness (QED) is 0.414. The van der Waals surface area contributed by atoms with E-state index < -0.39 is 17.7 Å². The Balaban J connectivity index is 2.04. The van der Waals surface area contributed by atoms with Crippen molar-refractivity contribution in [2.24, 2.45) is 5.41 Å². The minimum absolute atomic E-state index is 0.0499. The highest BCUT2D eigenvalue weighted by molar-refractivity contribution is 14.1. The van der Waals surface area contributed by atoms with Crippen LogP contribution in [0.25, 0.3) is 0 Å². The molecule has 0 radical (unpaired) electrons. The van der Waals surface area contributed by atoms with E-state index in [1.807, 2.05) is 36.4 Å². The molecule has 2 heterocycles. The summed E-state index contributed by atoms with van der Waals surface area (Å²) in [5.41, 5.74) is 0.736. The molecule has 0 unspecified atom stereocenters. The van der Waals surface area contributed by atoms with Crippen molar-refractivity contribution in [3.8, 4) is 0 Å². The van der Waals surface area contributed by atoms with Gasteiger partial charge in [0.05, 0.1) is 22.5 Å². The Morgan fingerprint density at radius 1 is 1.37 bits per heavy atom. The highest BCUT2D eigenvalue weighted by Crippen LogP contribution is 2.40. The number of fused-ring (bicyclic) bond motifs is 1. The smallest absolute Gasteiger partial charge is 0.305 e. The molecule has 0 atom stereocenters. The zero-order valence-corrected chi connectivity index (χ0v) is 19.4. The molecule has 7 nitrogen and oxygen atoms in total. The lowest BCUT2D eigenvalue weighted by molar-refractivity contribution is -0.136. The molecule has 0 saturated heterocycles. The average Bonchev–Trinajstić information content (AvgIpc) is 2.93.